The number of carbonyl (C=O) groups is 1. The average molecular weight is 458 g/mol. The number of nitrogens with zero attached hydrogens (tertiary/aromatic N) is 1. The number of sulfonamides is 1. The van der Waals surface area contributed by atoms with Crippen molar-refractivity contribution in [2.45, 2.75) is 11.8 Å². The number of carbonyl (C=O) groups excluding carboxylic acids is 1. The molecule has 0 fully saturated rings. The summed E-state index contributed by atoms with van der Waals surface area (Å²) in [5, 5.41) is 17.4. The van der Waals surface area contributed by atoms with E-state index in [0.717, 1.165) is 11.3 Å². The van der Waals surface area contributed by atoms with E-state index in [9.17, 15) is 18.3 Å². The highest BCUT2D eigenvalue weighted by atomic mass is 79.9. The van der Waals surface area contributed by atoms with Crippen LogP contribution in [0, 0.1) is 6.92 Å². The van der Waals surface area contributed by atoms with Crippen LogP contribution in [-0.2, 0) is 10.0 Å². The fourth-order valence-electron chi connectivity index (χ4n) is 2.03. The van der Waals surface area contributed by atoms with Crippen LogP contribution in [0.2, 0.25) is 0 Å². The number of amides is 1. The monoisotopic (exact) mass is 457 g/mol. The molecule has 0 atom stereocenters. The number of phenols is 1. The summed E-state index contributed by atoms with van der Waals surface area (Å²) in [7, 11) is -4.08. The van der Waals surface area contributed by atoms with Gasteiger partial charge >= 0.3 is 0 Å². The minimum absolute atomic E-state index is 0.0342. The molecule has 2 heterocycles. The summed E-state index contributed by atoms with van der Waals surface area (Å²) < 4.78 is 32.8. The Kier molecular flexibility index (Phi) is 5.03. The molecule has 26 heavy (non-hydrogen) atoms. The van der Waals surface area contributed by atoms with Crippen LogP contribution in [0.3, 0.4) is 0 Å². The first kappa shape index (κ1) is 18.4. The number of rotatable bonds is 5. The summed E-state index contributed by atoms with van der Waals surface area (Å²) in [5.41, 5.74) is 0.654. The van der Waals surface area contributed by atoms with Gasteiger partial charge in [-0.25, -0.2) is 13.1 Å². The van der Waals surface area contributed by atoms with Crippen molar-refractivity contribution in [3.05, 3.63) is 50.8 Å². The maximum Gasteiger partial charge on any atom is 0.267 e. The number of nitrogens with one attached hydrogen (secondary N) is 2. The molecule has 0 spiro atoms. The standard InChI is InChI=1S/C15H12BrN3O5S2/c1-8-12(16)15(24-18-8)19-26(22,23)11-6-7-25-13(11)14(21)17-9-4-2-3-5-10(9)20/h2-7,19-20H,1H3,(H,17,21). The maximum atomic E-state index is 12.6. The maximum absolute atomic E-state index is 12.6. The van der Waals surface area contributed by atoms with Crippen molar-refractivity contribution in [1.29, 1.82) is 0 Å². The number of aromatic hydroxyl groups is 1. The summed E-state index contributed by atoms with van der Waals surface area (Å²) in [6.07, 6.45) is 0. The van der Waals surface area contributed by atoms with Gasteiger partial charge in [-0.3, -0.25) is 4.79 Å². The van der Waals surface area contributed by atoms with Gasteiger partial charge in [-0.05, 0) is 46.4 Å². The van der Waals surface area contributed by atoms with Gasteiger partial charge in [0.2, 0.25) is 0 Å². The summed E-state index contributed by atoms with van der Waals surface area (Å²) in [6.45, 7) is 1.64. The molecule has 1 amide bonds. The highest BCUT2D eigenvalue weighted by Gasteiger charge is 2.27. The minimum Gasteiger partial charge on any atom is -0.506 e. The first-order valence-electron chi connectivity index (χ1n) is 7.11. The molecule has 2 aromatic heterocycles. The molecule has 136 valence electrons. The van der Waals surface area contributed by atoms with E-state index in [0.29, 0.717) is 10.2 Å². The lowest BCUT2D eigenvalue weighted by Crippen LogP contribution is -2.18. The number of hydrogen-bond donors (Lipinski definition) is 3. The summed E-state index contributed by atoms with van der Waals surface area (Å²) in [4.78, 5) is 12.2. The SMILES string of the molecule is Cc1noc(NS(=O)(=O)c2ccsc2C(=O)Nc2ccccc2O)c1Br. The highest BCUT2D eigenvalue weighted by molar-refractivity contribution is 9.10. The summed E-state index contributed by atoms with van der Waals surface area (Å²) in [6, 6.07) is 7.46. The zero-order valence-electron chi connectivity index (χ0n) is 13.2. The van der Waals surface area contributed by atoms with Crippen LogP contribution in [0.25, 0.3) is 0 Å². The quantitative estimate of drug-likeness (QED) is 0.503. The van der Waals surface area contributed by atoms with Gasteiger partial charge in [-0.2, -0.15) is 0 Å². The molecule has 0 saturated heterocycles. The molecule has 0 unspecified atom stereocenters. The van der Waals surface area contributed by atoms with E-state index in [1.54, 1.807) is 19.1 Å². The van der Waals surface area contributed by atoms with Crippen LogP contribution in [0.1, 0.15) is 15.4 Å². The molecule has 1 aromatic carbocycles. The molecule has 0 bridgehead atoms. The minimum atomic E-state index is -4.08. The molecule has 3 aromatic rings. The number of hydrogen-bond acceptors (Lipinski definition) is 7. The Balaban J connectivity index is 1.89. The van der Waals surface area contributed by atoms with Crippen molar-refractivity contribution in [3.63, 3.8) is 0 Å². The van der Waals surface area contributed by atoms with Crippen molar-refractivity contribution in [2.24, 2.45) is 0 Å². The fraction of sp³-hybridized carbons (Fsp3) is 0.0667. The Morgan fingerprint density at radius 1 is 1.31 bits per heavy atom. The number of para-hydroxylation sites is 2. The molecular weight excluding hydrogens is 446 g/mol. The number of phenolic OH excluding ortho intramolecular Hbond substituents is 1. The third kappa shape index (κ3) is 3.59. The lowest BCUT2D eigenvalue weighted by molar-refractivity contribution is 0.102. The zero-order valence-corrected chi connectivity index (χ0v) is 16.4. The van der Waals surface area contributed by atoms with E-state index in [1.807, 2.05) is 0 Å². The van der Waals surface area contributed by atoms with Crippen molar-refractivity contribution < 1.29 is 22.8 Å². The molecule has 0 radical (unpaired) electrons. The van der Waals surface area contributed by atoms with Crippen molar-refractivity contribution in [2.75, 3.05) is 10.0 Å². The molecule has 0 saturated carbocycles. The van der Waals surface area contributed by atoms with Crippen molar-refractivity contribution >= 4 is 54.8 Å². The summed E-state index contributed by atoms with van der Waals surface area (Å²) >= 11 is 4.14. The van der Waals surface area contributed by atoms with Crippen LogP contribution in [0.4, 0.5) is 11.6 Å². The Morgan fingerprint density at radius 2 is 2.04 bits per heavy atom. The van der Waals surface area contributed by atoms with E-state index in [2.05, 4.69) is 31.1 Å². The molecule has 0 aliphatic heterocycles. The number of aryl methyl sites for hydroxylation is 1. The normalized spacial score (nSPS) is 11.3. The zero-order chi connectivity index (χ0) is 18.9. The van der Waals surface area contributed by atoms with E-state index >= 15 is 0 Å². The average Bonchev–Trinajstić information content (AvgIpc) is 3.20. The third-order valence-electron chi connectivity index (χ3n) is 3.30. The lowest BCUT2D eigenvalue weighted by Gasteiger charge is -2.08. The Hall–Kier alpha value is -2.37. The third-order valence-corrected chi connectivity index (χ3v) is 6.64. The van der Waals surface area contributed by atoms with Gasteiger partial charge in [0.25, 0.3) is 21.8 Å². The van der Waals surface area contributed by atoms with Gasteiger partial charge in [-0.15, -0.1) is 11.3 Å². The summed E-state index contributed by atoms with van der Waals surface area (Å²) in [5.74, 6) is -0.864. The van der Waals surface area contributed by atoms with Crippen molar-refractivity contribution in [1.82, 2.24) is 5.16 Å². The second-order valence-electron chi connectivity index (χ2n) is 5.10. The molecule has 3 rings (SSSR count). The fourth-order valence-corrected chi connectivity index (χ4v) is 4.73. The number of thiophene rings is 1. The Labute approximate surface area is 161 Å². The van der Waals surface area contributed by atoms with Crippen LogP contribution in [0.15, 0.2) is 49.6 Å². The number of halogens is 1. The van der Waals surface area contributed by atoms with Gasteiger partial charge in [0.15, 0.2) is 0 Å². The molecule has 3 N–H and O–H groups in total. The number of aromatic nitrogens is 1. The van der Waals surface area contributed by atoms with Crippen LogP contribution in [-0.4, -0.2) is 24.6 Å². The Morgan fingerprint density at radius 3 is 2.69 bits per heavy atom. The first-order valence-corrected chi connectivity index (χ1v) is 10.3. The van der Waals surface area contributed by atoms with Crippen molar-refractivity contribution in [3.8, 4) is 5.75 Å². The lowest BCUT2D eigenvalue weighted by atomic mass is 10.3. The van der Waals surface area contributed by atoms with E-state index in [-0.39, 0.29) is 27.1 Å². The number of benzene rings is 1. The molecule has 8 nitrogen and oxygen atoms in total. The van der Waals surface area contributed by atoms with Crippen LogP contribution < -0.4 is 10.0 Å². The van der Waals surface area contributed by atoms with E-state index in [4.69, 9.17) is 4.52 Å². The van der Waals surface area contributed by atoms with E-state index in [1.165, 1.54) is 23.6 Å². The van der Waals surface area contributed by atoms with E-state index < -0.39 is 15.9 Å². The van der Waals surface area contributed by atoms with Gasteiger partial charge in [0.05, 0.1) is 11.4 Å². The second-order valence-corrected chi connectivity index (χ2v) is 8.46. The topological polar surface area (TPSA) is 122 Å². The van der Waals surface area contributed by atoms with Gasteiger partial charge < -0.3 is 14.9 Å². The second kappa shape index (κ2) is 7.09. The largest absolute Gasteiger partial charge is 0.506 e. The number of anilines is 2. The van der Waals surface area contributed by atoms with Gasteiger partial charge in [0.1, 0.15) is 20.0 Å². The predicted octanol–water partition coefficient (Wildman–Crippen LogP) is 3.57. The van der Waals surface area contributed by atoms with Crippen LogP contribution >= 0.6 is 27.3 Å². The predicted molar refractivity (Wildman–Crippen MR) is 100 cm³/mol. The van der Waals surface area contributed by atoms with Gasteiger partial charge in [-0.1, -0.05) is 17.3 Å². The Bertz CT molecular complexity index is 1070. The smallest absolute Gasteiger partial charge is 0.267 e. The highest BCUT2D eigenvalue weighted by Crippen LogP contribution is 2.31. The van der Waals surface area contributed by atoms with Crippen LogP contribution in [0.5, 0.6) is 5.75 Å². The molecule has 0 aliphatic rings. The first-order chi connectivity index (χ1) is 12.3. The molecule has 11 heteroatoms. The molecular formula is C15H12BrN3O5S2. The van der Waals surface area contributed by atoms with Gasteiger partial charge in [0, 0.05) is 0 Å². The molecule has 0 aliphatic carbocycles.